The molecule has 0 bridgehead atoms. The van der Waals surface area contributed by atoms with Crippen LogP contribution in [0.5, 0.6) is 5.88 Å². The van der Waals surface area contributed by atoms with Gasteiger partial charge in [-0.15, -0.1) is 0 Å². The van der Waals surface area contributed by atoms with E-state index >= 15 is 0 Å². The summed E-state index contributed by atoms with van der Waals surface area (Å²) in [6, 6.07) is 0. The topological polar surface area (TPSA) is 44.2 Å². The first kappa shape index (κ1) is 21.4. The van der Waals surface area contributed by atoms with Crippen molar-refractivity contribution in [2.24, 2.45) is 23.7 Å². The average Bonchev–Trinajstić information content (AvgIpc) is 3.19. The summed E-state index contributed by atoms with van der Waals surface area (Å²) in [4.78, 5) is 9.33. The SMILES string of the molecule is CCC(C)C[C@@H]1CCC2=C(C1)c1c(ncnc1OC1CCC(C3CCOCC3)CC1)C2. The van der Waals surface area contributed by atoms with E-state index in [4.69, 9.17) is 9.47 Å². The van der Waals surface area contributed by atoms with Gasteiger partial charge in [0.2, 0.25) is 5.88 Å². The summed E-state index contributed by atoms with van der Waals surface area (Å²) in [7, 11) is 0. The lowest BCUT2D eigenvalue weighted by Crippen LogP contribution is -2.31. The molecule has 0 amide bonds. The van der Waals surface area contributed by atoms with Crippen LogP contribution in [0.4, 0.5) is 0 Å². The fourth-order valence-corrected chi connectivity index (χ4v) is 6.63. The predicted molar refractivity (Wildman–Crippen MR) is 124 cm³/mol. The number of rotatable bonds is 6. The summed E-state index contributed by atoms with van der Waals surface area (Å²) in [5.41, 5.74) is 5.65. The van der Waals surface area contributed by atoms with Crippen molar-refractivity contribution >= 4 is 5.57 Å². The lowest BCUT2D eigenvalue weighted by atomic mass is 9.76. The van der Waals surface area contributed by atoms with Crippen molar-refractivity contribution in [2.75, 3.05) is 13.2 Å². The van der Waals surface area contributed by atoms with Crippen LogP contribution in [0.3, 0.4) is 0 Å². The largest absolute Gasteiger partial charge is 0.474 e. The molecule has 5 rings (SSSR count). The quantitative estimate of drug-likeness (QED) is 0.531. The zero-order valence-corrected chi connectivity index (χ0v) is 19.6. The molecular formula is C27H40N2O2. The molecular weight excluding hydrogens is 384 g/mol. The van der Waals surface area contributed by atoms with E-state index in [-0.39, 0.29) is 0 Å². The molecule has 31 heavy (non-hydrogen) atoms. The van der Waals surface area contributed by atoms with E-state index in [0.29, 0.717) is 6.10 Å². The van der Waals surface area contributed by atoms with E-state index in [2.05, 4.69) is 23.8 Å². The number of ether oxygens (including phenoxy) is 2. The number of aromatic nitrogens is 2. The first-order chi connectivity index (χ1) is 15.2. The molecule has 0 N–H and O–H groups in total. The lowest BCUT2D eigenvalue weighted by molar-refractivity contribution is 0.0268. The molecule has 4 nitrogen and oxygen atoms in total. The van der Waals surface area contributed by atoms with Crippen LogP contribution in [-0.4, -0.2) is 29.3 Å². The summed E-state index contributed by atoms with van der Waals surface area (Å²) in [6.45, 7) is 6.65. The Kier molecular flexibility index (Phi) is 6.64. The molecule has 3 aliphatic carbocycles. The Hall–Kier alpha value is -1.42. The Morgan fingerprint density at radius 1 is 1.03 bits per heavy atom. The molecule has 4 aliphatic rings. The van der Waals surface area contributed by atoms with Crippen LogP contribution in [0.25, 0.3) is 5.57 Å². The lowest BCUT2D eigenvalue weighted by Gasteiger charge is -2.35. The second-order valence-electron chi connectivity index (χ2n) is 10.7. The Morgan fingerprint density at radius 3 is 2.58 bits per heavy atom. The molecule has 2 heterocycles. The van der Waals surface area contributed by atoms with Crippen LogP contribution in [0.2, 0.25) is 0 Å². The normalized spacial score (nSPS) is 30.1. The third kappa shape index (κ3) is 4.69. The van der Waals surface area contributed by atoms with Gasteiger partial charge in [-0.3, -0.25) is 0 Å². The molecule has 1 saturated heterocycles. The standard InChI is InChI=1S/C27H40N2O2/c1-3-18(2)14-19-4-5-22-16-25-26(24(22)15-19)27(29-17-28-25)31-23-8-6-20(7-9-23)21-10-12-30-13-11-21/h17-21,23H,3-16H2,1-2H3/t18?,19-,20?,23?/m0/s1. The van der Waals surface area contributed by atoms with Gasteiger partial charge in [-0.2, -0.15) is 0 Å². The monoisotopic (exact) mass is 424 g/mol. The van der Waals surface area contributed by atoms with Gasteiger partial charge in [0.15, 0.2) is 0 Å². The van der Waals surface area contributed by atoms with Crippen LogP contribution < -0.4 is 4.74 Å². The molecule has 1 unspecified atom stereocenters. The Labute approximate surface area is 188 Å². The number of hydrogen-bond acceptors (Lipinski definition) is 4. The fourth-order valence-electron chi connectivity index (χ4n) is 6.63. The highest BCUT2D eigenvalue weighted by atomic mass is 16.5. The third-order valence-electron chi connectivity index (χ3n) is 8.71. The summed E-state index contributed by atoms with van der Waals surface area (Å²) in [5.74, 6) is 4.25. The zero-order valence-electron chi connectivity index (χ0n) is 19.6. The van der Waals surface area contributed by atoms with Crippen LogP contribution in [0.1, 0.15) is 95.7 Å². The Bertz CT molecular complexity index is 790. The molecule has 4 heteroatoms. The summed E-state index contributed by atoms with van der Waals surface area (Å²) < 4.78 is 12.2. The first-order valence-electron chi connectivity index (χ1n) is 13.0. The highest BCUT2D eigenvalue weighted by Gasteiger charge is 2.34. The fraction of sp³-hybridized carbons (Fsp3) is 0.778. The number of nitrogens with zero attached hydrogens (tertiary/aromatic N) is 2. The minimum atomic E-state index is 0.319. The molecule has 0 aromatic carbocycles. The first-order valence-corrected chi connectivity index (χ1v) is 13.0. The molecule has 170 valence electrons. The minimum absolute atomic E-state index is 0.319. The third-order valence-corrected chi connectivity index (χ3v) is 8.71. The number of hydrogen-bond donors (Lipinski definition) is 0. The van der Waals surface area contributed by atoms with Gasteiger partial charge in [0.05, 0.1) is 11.3 Å². The van der Waals surface area contributed by atoms with E-state index in [9.17, 15) is 0 Å². The van der Waals surface area contributed by atoms with Crippen molar-refractivity contribution in [3.63, 3.8) is 0 Å². The van der Waals surface area contributed by atoms with Crippen LogP contribution in [-0.2, 0) is 11.2 Å². The minimum Gasteiger partial charge on any atom is -0.474 e. The molecule has 2 fully saturated rings. The van der Waals surface area contributed by atoms with Crippen molar-refractivity contribution in [1.82, 2.24) is 9.97 Å². The summed E-state index contributed by atoms with van der Waals surface area (Å²) >= 11 is 0. The van der Waals surface area contributed by atoms with E-state index < -0.39 is 0 Å². The number of fused-ring (bicyclic) bond motifs is 2. The molecule has 1 saturated carbocycles. The molecule has 1 aromatic rings. The van der Waals surface area contributed by atoms with Crippen molar-refractivity contribution < 1.29 is 9.47 Å². The van der Waals surface area contributed by atoms with E-state index in [1.165, 1.54) is 81.9 Å². The van der Waals surface area contributed by atoms with Crippen LogP contribution in [0, 0.1) is 23.7 Å². The van der Waals surface area contributed by atoms with Gasteiger partial charge < -0.3 is 9.47 Å². The zero-order chi connectivity index (χ0) is 21.2. The van der Waals surface area contributed by atoms with Crippen molar-refractivity contribution in [3.05, 3.63) is 23.2 Å². The maximum Gasteiger partial charge on any atom is 0.224 e. The van der Waals surface area contributed by atoms with E-state index in [1.54, 1.807) is 17.5 Å². The van der Waals surface area contributed by atoms with Gasteiger partial charge in [-0.25, -0.2) is 9.97 Å². The van der Waals surface area contributed by atoms with Crippen molar-refractivity contribution in [2.45, 2.75) is 97.0 Å². The van der Waals surface area contributed by atoms with Gasteiger partial charge >= 0.3 is 0 Å². The van der Waals surface area contributed by atoms with Crippen LogP contribution >= 0.6 is 0 Å². The van der Waals surface area contributed by atoms with Gasteiger partial charge in [-0.1, -0.05) is 25.8 Å². The van der Waals surface area contributed by atoms with Crippen molar-refractivity contribution in [3.8, 4) is 5.88 Å². The molecule has 1 aliphatic heterocycles. The molecule has 2 atom stereocenters. The Morgan fingerprint density at radius 2 is 1.81 bits per heavy atom. The molecule has 0 radical (unpaired) electrons. The maximum atomic E-state index is 6.61. The van der Waals surface area contributed by atoms with Crippen molar-refractivity contribution in [1.29, 1.82) is 0 Å². The van der Waals surface area contributed by atoms with Gasteiger partial charge in [0.25, 0.3) is 0 Å². The van der Waals surface area contributed by atoms with Gasteiger partial charge in [0.1, 0.15) is 12.4 Å². The second-order valence-corrected chi connectivity index (χ2v) is 10.7. The second kappa shape index (κ2) is 9.60. The summed E-state index contributed by atoms with van der Waals surface area (Å²) in [5, 5.41) is 0. The van der Waals surface area contributed by atoms with E-state index in [0.717, 1.165) is 49.2 Å². The van der Waals surface area contributed by atoms with Crippen LogP contribution in [0.15, 0.2) is 11.9 Å². The highest BCUT2D eigenvalue weighted by molar-refractivity contribution is 5.79. The number of allylic oxidation sites excluding steroid dienone is 2. The Balaban J connectivity index is 1.24. The maximum absolute atomic E-state index is 6.61. The smallest absolute Gasteiger partial charge is 0.224 e. The van der Waals surface area contributed by atoms with Gasteiger partial charge in [0, 0.05) is 19.6 Å². The highest BCUT2D eigenvalue weighted by Crippen LogP contribution is 2.47. The average molecular weight is 425 g/mol. The predicted octanol–water partition coefficient (Wildman–Crippen LogP) is 6.39. The molecule has 1 aromatic heterocycles. The van der Waals surface area contributed by atoms with Gasteiger partial charge in [-0.05, 0) is 93.5 Å². The van der Waals surface area contributed by atoms with E-state index in [1.807, 2.05) is 0 Å². The summed E-state index contributed by atoms with van der Waals surface area (Å²) in [6.07, 6.45) is 16.9. The molecule has 0 spiro atoms.